The molecule has 0 spiro atoms. The first-order chi connectivity index (χ1) is 10.7. The molecule has 8 heteroatoms. The van der Waals surface area contributed by atoms with Gasteiger partial charge in [-0.25, -0.2) is 4.79 Å². The van der Waals surface area contributed by atoms with Crippen LogP contribution in [0.15, 0.2) is 24.3 Å². The Morgan fingerprint density at radius 1 is 1.22 bits per heavy atom. The molecule has 1 aromatic rings. The lowest BCUT2D eigenvalue weighted by atomic mass is 10.0. The predicted octanol–water partition coefficient (Wildman–Crippen LogP) is 2.37. The second-order valence-corrected chi connectivity index (χ2v) is 5.53. The summed E-state index contributed by atoms with van der Waals surface area (Å²) in [5.74, 6) is -3.39. The zero-order chi connectivity index (χ0) is 17.2. The number of para-hydroxylation sites is 1. The first kappa shape index (κ1) is 17.3. The Balaban J connectivity index is 2.46. The lowest BCUT2D eigenvalue weighted by Gasteiger charge is -2.38. The largest absolute Gasteiger partial charge is 0.478 e. The molecule has 0 aliphatic carbocycles. The Morgan fingerprint density at radius 3 is 2.30 bits per heavy atom. The van der Waals surface area contributed by atoms with Crippen LogP contribution in [0.25, 0.3) is 0 Å². The minimum Gasteiger partial charge on any atom is -0.478 e. The van der Waals surface area contributed by atoms with Gasteiger partial charge in [0.25, 0.3) is 0 Å². The van der Waals surface area contributed by atoms with Crippen LogP contribution in [-0.4, -0.2) is 54.2 Å². The standard InChI is InChI=1S/C15H17F3N2O3/c1-19-8-6-10(7-9-19)20(14(23)15(16,17)18)12-5-3-2-4-11(12)13(21)22/h2-5,10H,6-9H2,1H3,(H,21,22). The van der Waals surface area contributed by atoms with Crippen molar-refractivity contribution in [3.8, 4) is 0 Å². The lowest BCUT2D eigenvalue weighted by molar-refractivity contribution is -0.171. The fourth-order valence-corrected chi connectivity index (χ4v) is 2.73. The number of amides is 1. The van der Waals surface area contributed by atoms with Crippen LogP contribution in [0.3, 0.4) is 0 Å². The van der Waals surface area contributed by atoms with Crippen LogP contribution >= 0.6 is 0 Å². The summed E-state index contributed by atoms with van der Waals surface area (Å²) in [6.45, 7) is 1.09. The van der Waals surface area contributed by atoms with E-state index in [0.29, 0.717) is 30.8 Å². The molecule has 0 unspecified atom stereocenters. The van der Waals surface area contributed by atoms with Crippen molar-refractivity contribution in [2.75, 3.05) is 25.0 Å². The van der Waals surface area contributed by atoms with Crippen molar-refractivity contribution in [3.05, 3.63) is 29.8 Å². The number of carbonyl (C=O) groups excluding carboxylic acids is 1. The molecule has 2 rings (SSSR count). The number of rotatable bonds is 3. The molecule has 23 heavy (non-hydrogen) atoms. The smallest absolute Gasteiger partial charge is 0.471 e. The van der Waals surface area contributed by atoms with E-state index in [-0.39, 0.29) is 11.3 Å². The zero-order valence-corrected chi connectivity index (χ0v) is 12.5. The molecule has 0 saturated carbocycles. The first-order valence-electron chi connectivity index (χ1n) is 7.13. The van der Waals surface area contributed by atoms with Crippen LogP contribution in [0, 0.1) is 0 Å². The number of halogens is 3. The number of aromatic carboxylic acids is 1. The Bertz CT molecular complexity index is 596. The van der Waals surface area contributed by atoms with Crippen molar-refractivity contribution >= 4 is 17.6 Å². The predicted molar refractivity (Wildman–Crippen MR) is 77.5 cm³/mol. The lowest BCUT2D eigenvalue weighted by Crippen LogP contribution is -2.51. The van der Waals surface area contributed by atoms with Gasteiger partial charge < -0.3 is 14.9 Å². The van der Waals surface area contributed by atoms with Gasteiger partial charge in [-0.15, -0.1) is 0 Å². The number of alkyl halides is 3. The van der Waals surface area contributed by atoms with Crippen molar-refractivity contribution in [3.63, 3.8) is 0 Å². The van der Waals surface area contributed by atoms with Crippen molar-refractivity contribution in [2.24, 2.45) is 0 Å². The fraction of sp³-hybridized carbons (Fsp3) is 0.467. The van der Waals surface area contributed by atoms with Gasteiger partial charge in [-0.3, -0.25) is 4.79 Å². The second kappa shape index (κ2) is 6.57. The van der Waals surface area contributed by atoms with Gasteiger partial charge in [0.1, 0.15) is 0 Å². The Kier molecular flexibility index (Phi) is 4.93. The maximum atomic E-state index is 13.0. The highest BCUT2D eigenvalue weighted by Crippen LogP contribution is 2.31. The van der Waals surface area contributed by atoms with E-state index in [1.54, 1.807) is 0 Å². The van der Waals surface area contributed by atoms with Gasteiger partial charge in [-0.05, 0) is 45.1 Å². The minimum atomic E-state index is -5.06. The van der Waals surface area contributed by atoms with E-state index in [2.05, 4.69) is 0 Å². The minimum absolute atomic E-state index is 0.211. The third-order valence-corrected chi connectivity index (χ3v) is 3.91. The van der Waals surface area contributed by atoms with Crippen LogP contribution in [0.2, 0.25) is 0 Å². The summed E-state index contributed by atoms with van der Waals surface area (Å²) in [4.78, 5) is 25.8. The van der Waals surface area contributed by atoms with Gasteiger partial charge in [-0.1, -0.05) is 12.1 Å². The molecular weight excluding hydrogens is 313 g/mol. The van der Waals surface area contributed by atoms with Crippen molar-refractivity contribution in [1.29, 1.82) is 0 Å². The molecular formula is C15H17F3N2O3. The van der Waals surface area contributed by atoms with Gasteiger partial charge in [0.2, 0.25) is 0 Å². The summed E-state index contributed by atoms with van der Waals surface area (Å²) in [5, 5.41) is 9.21. The number of hydrogen-bond donors (Lipinski definition) is 1. The highest BCUT2D eigenvalue weighted by Gasteiger charge is 2.46. The Labute approximate surface area is 131 Å². The molecule has 1 fully saturated rings. The summed E-state index contributed by atoms with van der Waals surface area (Å²) in [6, 6.07) is 4.60. The van der Waals surface area contributed by atoms with E-state index in [1.165, 1.54) is 24.3 Å². The molecule has 126 valence electrons. The molecule has 0 bridgehead atoms. The fourth-order valence-electron chi connectivity index (χ4n) is 2.73. The van der Waals surface area contributed by atoms with Crippen LogP contribution in [-0.2, 0) is 4.79 Å². The number of hydrogen-bond acceptors (Lipinski definition) is 3. The van der Waals surface area contributed by atoms with E-state index >= 15 is 0 Å². The number of likely N-dealkylation sites (tertiary alicyclic amines) is 1. The van der Waals surface area contributed by atoms with Gasteiger partial charge in [0, 0.05) is 6.04 Å². The number of carboxylic acids is 1. The van der Waals surface area contributed by atoms with Crippen molar-refractivity contribution in [2.45, 2.75) is 25.1 Å². The topological polar surface area (TPSA) is 60.9 Å². The average Bonchev–Trinajstić information content (AvgIpc) is 2.49. The summed E-state index contributed by atoms with van der Waals surface area (Å²) in [7, 11) is 1.84. The zero-order valence-electron chi connectivity index (χ0n) is 12.5. The number of piperidine rings is 1. The molecule has 1 aliphatic rings. The normalized spacial score (nSPS) is 17.0. The maximum absolute atomic E-state index is 13.0. The van der Waals surface area contributed by atoms with Gasteiger partial charge in [-0.2, -0.15) is 13.2 Å². The molecule has 1 aliphatic heterocycles. The summed E-state index contributed by atoms with van der Waals surface area (Å²) < 4.78 is 39.0. The molecule has 0 radical (unpaired) electrons. The summed E-state index contributed by atoms with van der Waals surface area (Å²) in [6.07, 6.45) is -4.35. The summed E-state index contributed by atoms with van der Waals surface area (Å²) >= 11 is 0. The van der Waals surface area contributed by atoms with Crippen LogP contribution in [0.4, 0.5) is 18.9 Å². The van der Waals surface area contributed by atoms with E-state index < -0.39 is 24.1 Å². The van der Waals surface area contributed by atoms with Gasteiger partial charge >= 0.3 is 18.1 Å². The summed E-state index contributed by atoms with van der Waals surface area (Å²) in [5.41, 5.74) is -0.527. The monoisotopic (exact) mass is 330 g/mol. The van der Waals surface area contributed by atoms with Crippen LogP contribution in [0.5, 0.6) is 0 Å². The SMILES string of the molecule is CN1CCC(N(C(=O)C(F)(F)F)c2ccccc2C(=O)O)CC1. The number of benzene rings is 1. The second-order valence-electron chi connectivity index (χ2n) is 5.53. The molecule has 0 aromatic heterocycles. The molecule has 5 nitrogen and oxygen atoms in total. The third kappa shape index (κ3) is 3.82. The van der Waals surface area contributed by atoms with E-state index in [4.69, 9.17) is 0 Å². The third-order valence-electron chi connectivity index (χ3n) is 3.91. The molecule has 1 saturated heterocycles. The highest BCUT2D eigenvalue weighted by atomic mass is 19.4. The van der Waals surface area contributed by atoms with Gasteiger partial charge in [0.15, 0.2) is 0 Å². The molecule has 1 heterocycles. The number of carboxylic acid groups (broad SMARTS) is 1. The molecule has 1 amide bonds. The molecule has 0 atom stereocenters. The Hall–Kier alpha value is -2.09. The van der Waals surface area contributed by atoms with E-state index in [0.717, 1.165) is 0 Å². The highest BCUT2D eigenvalue weighted by molar-refractivity contribution is 6.04. The first-order valence-corrected chi connectivity index (χ1v) is 7.13. The quantitative estimate of drug-likeness (QED) is 0.924. The Morgan fingerprint density at radius 2 is 1.78 bits per heavy atom. The number of anilines is 1. The molecule has 1 N–H and O–H groups in total. The maximum Gasteiger partial charge on any atom is 0.471 e. The van der Waals surface area contributed by atoms with Crippen LogP contribution < -0.4 is 4.90 Å². The van der Waals surface area contributed by atoms with E-state index in [9.17, 15) is 27.9 Å². The number of carbonyl (C=O) groups is 2. The van der Waals surface area contributed by atoms with Crippen molar-refractivity contribution < 1.29 is 27.9 Å². The number of nitrogens with zero attached hydrogens (tertiary/aromatic N) is 2. The molecule has 1 aromatic carbocycles. The average molecular weight is 330 g/mol. The van der Waals surface area contributed by atoms with Crippen LogP contribution in [0.1, 0.15) is 23.2 Å². The van der Waals surface area contributed by atoms with E-state index in [1.807, 2.05) is 11.9 Å². The van der Waals surface area contributed by atoms with Gasteiger partial charge in [0.05, 0.1) is 11.3 Å². The van der Waals surface area contributed by atoms with Crippen molar-refractivity contribution in [1.82, 2.24) is 4.90 Å².